The molecule has 0 aromatic heterocycles. The molecule has 1 rings (SSSR count). The number of hydrogen-bond donors (Lipinski definition) is 1. The smallest absolute Gasteiger partial charge is 0.00792 e. The van der Waals surface area contributed by atoms with E-state index in [0.717, 1.165) is 6.42 Å². The van der Waals surface area contributed by atoms with Gasteiger partial charge in [0.2, 0.25) is 0 Å². The highest BCUT2D eigenvalue weighted by molar-refractivity contribution is 5.26. The molecule has 1 heteroatoms. The SMILES string of the molecule is CCCCCCCCNC(C)Cc1ccccc1C. The molecular weight excluding hydrogens is 230 g/mol. The van der Waals surface area contributed by atoms with Gasteiger partial charge in [-0.15, -0.1) is 0 Å². The number of benzene rings is 1. The molecule has 0 saturated heterocycles. The molecule has 0 aliphatic rings. The van der Waals surface area contributed by atoms with Crippen LogP contribution >= 0.6 is 0 Å². The Morgan fingerprint density at radius 2 is 1.68 bits per heavy atom. The fraction of sp³-hybridized carbons (Fsp3) is 0.667. The standard InChI is InChI=1S/C18H31N/c1-4-5-6-7-8-11-14-19-17(3)15-18-13-10-9-12-16(18)2/h9-10,12-13,17,19H,4-8,11,14-15H2,1-3H3. The fourth-order valence-corrected chi connectivity index (χ4v) is 2.49. The first-order valence-corrected chi connectivity index (χ1v) is 8.02. The normalized spacial score (nSPS) is 12.6. The first-order chi connectivity index (χ1) is 9.24. The Morgan fingerprint density at radius 1 is 1.00 bits per heavy atom. The van der Waals surface area contributed by atoms with Crippen LogP contribution in [0.25, 0.3) is 0 Å². The third-order valence-electron chi connectivity index (χ3n) is 3.81. The van der Waals surface area contributed by atoms with Crippen LogP contribution in [0.2, 0.25) is 0 Å². The van der Waals surface area contributed by atoms with E-state index in [4.69, 9.17) is 0 Å². The Bertz CT molecular complexity index is 332. The summed E-state index contributed by atoms with van der Waals surface area (Å²) in [6.45, 7) is 7.94. The van der Waals surface area contributed by atoms with Crippen LogP contribution in [0.4, 0.5) is 0 Å². The van der Waals surface area contributed by atoms with Crippen molar-refractivity contribution in [2.24, 2.45) is 0 Å². The van der Waals surface area contributed by atoms with Gasteiger partial charge in [0, 0.05) is 6.04 Å². The zero-order valence-electron chi connectivity index (χ0n) is 13.0. The summed E-state index contributed by atoms with van der Waals surface area (Å²) in [6, 6.07) is 9.29. The van der Waals surface area contributed by atoms with Crippen LogP contribution in [0.5, 0.6) is 0 Å². The van der Waals surface area contributed by atoms with Crippen molar-refractivity contribution in [3.63, 3.8) is 0 Å². The number of hydrogen-bond acceptors (Lipinski definition) is 1. The van der Waals surface area contributed by atoms with Gasteiger partial charge in [0.15, 0.2) is 0 Å². The van der Waals surface area contributed by atoms with Crippen molar-refractivity contribution >= 4 is 0 Å². The molecule has 0 bridgehead atoms. The van der Waals surface area contributed by atoms with Crippen LogP contribution < -0.4 is 5.32 Å². The monoisotopic (exact) mass is 261 g/mol. The van der Waals surface area contributed by atoms with Gasteiger partial charge in [0.05, 0.1) is 0 Å². The summed E-state index contributed by atoms with van der Waals surface area (Å²) in [6.07, 6.45) is 9.40. The molecule has 1 N–H and O–H groups in total. The first kappa shape index (κ1) is 16.2. The summed E-state index contributed by atoms with van der Waals surface area (Å²) in [4.78, 5) is 0. The van der Waals surface area contributed by atoms with E-state index in [0.29, 0.717) is 6.04 Å². The van der Waals surface area contributed by atoms with E-state index >= 15 is 0 Å². The first-order valence-electron chi connectivity index (χ1n) is 8.02. The van der Waals surface area contributed by atoms with Crippen LogP contribution in [0.3, 0.4) is 0 Å². The summed E-state index contributed by atoms with van der Waals surface area (Å²) >= 11 is 0. The number of unbranched alkanes of at least 4 members (excludes halogenated alkanes) is 5. The summed E-state index contributed by atoms with van der Waals surface area (Å²) < 4.78 is 0. The molecule has 0 heterocycles. The molecule has 108 valence electrons. The third kappa shape index (κ3) is 7.37. The highest BCUT2D eigenvalue weighted by Crippen LogP contribution is 2.10. The second-order valence-electron chi connectivity index (χ2n) is 5.75. The number of aryl methyl sites for hydroxylation is 1. The van der Waals surface area contributed by atoms with Crippen molar-refractivity contribution in [1.82, 2.24) is 5.32 Å². The predicted molar refractivity (Wildman–Crippen MR) is 85.7 cm³/mol. The van der Waals surface area contributed by atoms with Crippen molar-refractivity contribution < 1.29 is 0 Å². The second-order valence-corrected chi connectivity index (χ2v) is 5.75. The van der Waals surface area contributed by atoms with Gasteiger partial charge in [-0.2, -0.15) is 0 Å². The van der Waals surface area contributed by atoms with Crippen molar-refractivity contribution in [3.05, 3.63) is 35.4 Å². The summed E-state index contributed by atoms with van der Waals surface area (Å²) in [7, 11) is 0. The van der Waals surface area contributed by atoms with Crippen molar-refractivity contribution in [1.29, 1.82) is 0 Å². The minimum Gasteiger partial charge on any atom is -0.314 e. The Balaban J connectivity index is 2.08. The van der Waals surface area contributed by atoms with Crippen LogP contribution in [-0.4, -0.2) is 12.6 Å². The molecule has 0 amide bonds. The second kappa shape index (κ2) is 10.0. The highest BCUT2D eigenvalue weighted by Gasteiger charge is 2.04. The van der Waals surface area contributed by atoms with E-state index < -0.39 is 0 Å². The molecule has 0 radical (unpaired) electrons. The van der Waals surface area contributed by atoms with Crippen LogP contribution in [-0.2, 0) is 6.42 Å². The quantitative estimate of drug-likeness (QED) is 0.592. The van der Waals surface area contributed by atoms with Crippen molar-refractivity contribution in [3.8, 4) is 0 Å². The lowest BCUT2D eigenvalue weighted by molar-refractivity contribution is 0.511. The molecule has 1 aromatic rings. The van der Waals surface area contributed by atoms with Gasteiger partial charge in [0.25, 0.3) is 0 Å². The molecule has 1 unspecified atom stereocenters. The van der Waals surface area contributed by atoms with Gasteiger partial charge in [0.1, 0.15) is 0 Å². The van der Waals surface area contributed by atoms with E-state index in [2.05, 4.69) is 50.4 Å². The zero-order valence-corrected chi connectivity index (χ0v) is 13.0. The van der Waals surface area contributed by atoms with Gasteiger partial charge in [-0.3, -0.25) is 0 Å². The molecule has 1 nitrogen and oxygen atoms in total. The van der Waals surface area contributed by atoms with Gasteiger partial charge >= 0.3 is 0 Å². The van der Waals surface area contributed by atoms with E-state index in [1.807, 2.05) is 0 Å². The summed E-state index contributed by atoms with van der Waals surface area (Å²) in [5, 5.41) is 3.65. The van der Waals surface area contributed by atoms with Crippen molar-refractivity contribution in [2.45, 2.75) is 71.8 Å². The molecule has 1 aromatic carbocycles. The van der Waals surface area contributed by atoms with Gasteiger partial charge in [-0.25, -0.2) is 0 Å². The number of rotatable bonds is 10. The summed E-state index contributed by atoms with van der Waals surface area (Å²) in [5.41, 5.74) is 2.89. The van der Waals surface area contributed by atoms with Gasteiger partial charge < -0.3 is 5.32 Å². The molecule has 0 saturated carbocycles. The highest BCUT2D eigenvalue weighted by atomic mass is 14.9. The zero-order chi connectivity index (χ0) is 13.9. The van der Waals surface area contributed by atoms with Crippen LogP contribution in [0.1, 0.15) is 63.5 Å². The topological polar surface area (TPSA) is 12.0 Å². The molecule has 0 aliphatic carbocycles. The third-order valence-corrected chi connectivity index (χ3v) is 3.81. The van der Waals surface area contributed by atoms with Crippen LogP contribution in [0, 0.1) is 6.92 Å². The van der Waals surface area contributed by atoms with Gasteiger partial charge in [-0.1, -0.05) is 63.3 Å². The van der Waals surface area contributed by atoms with Crippen LogP contribution in [0.15, 0.2) is 24.3 Å². The molecular formula is C18H31N. The molecule has 0 aliphatic heterocycles. The Hall–Kier alpha value is -0.820. The lowest BCUT2D eigenvalue weighted by Crippen LogP contribution is -2.29. The van der Waals surface area contributed by atoms with E-state index in [1.54, 1.807) is 0 Å². The van der Waals surface area contributed by atoms with Gasteiger partial charge in [-0.05, 0) is 44.4 Å². The van der Waals surface area contributed by atoms with Crippen molar-refractivity contribution in [2.75, 3.05) is 6.54 Å². The molecule has 0 fully saturated rings. The lowest BCUT2D eigenvalue weighted by Gasteiger charge is -2.15. The van der Waals surface area contributed by atoms with E-state index in [9.17, 15) is 0 Å². The summed E-state index contributed by atoms with van der Waals surface area (Å²) in [5.74, 6) is 0. The number of nitrogens with one attached hydrogen (secondary N) is 1. The maximum Gasteiger partial charge on any atom is 0.00792 e. The molecule has 19 heavy (non-hydrogen) atoms. The Kier molecular flexibility index (Phi) is 8.57. The largest absolute Gasteiger partial charge is 0.314 e. The maximum absolute atomic E-state index is 3.65. The van der Waals surface area contributed by atoms with E-state index in [1.165, 1.54) is 56.2 Å². The minimum absolute atomic E-state index is 0.580. The predicted octanol–water partition coefficient (Wildman–Crippen LogP) is 4.88. The minimum atomic E-state index is 0.580. The lowest BCUT2D eigenvalue weighted by atomic mass is 10.0. The average molecular weight is 261 g/mol. The fourth-order valence-electron chi connectivity index (χ4n) is 2.49. The molecule has 1 atom stereocenters. The average Bonchev–Trinajstić information content (AvgIpc) is 2.40. The Labute approximate surface area is 119 Å². The van der Waals surface area contributed by atoms with E-state index in [-0.39, 0.29) is 0 Å². The Morgan fingerprint density at radius 3 is 2.42 bits per heavy atom. The maximum atomic E-state index is 3.65. The molecule has 0 spiro atoms.